The van der Waals surface area contributed by atoms with Crippen LogP contribution in [-0.2, 0) is 26.2 Å². The summed E-state index contributed by atoms with van der Waals surface area (Å²) in [5.74, 6) is -1.12. The molecule has 174 valence electrons. The highest BCUT2D eigenvalue weighted by atomic mass is 32.2. The third-order valence-electron chi connectivity index (χ3n) is 4.61. The molecule has 2 aromatic carbocycles. The van der Waals surface area contributed by atoms with Crippen LogP contribution >= 0.6 is 0 Å². The molecule has 0 fully saturated rings. The first kappa shape index (κ1) is 25.3. The molecular weight excluding hydrogens is 434 g/mol. The largest absolute Gasteiger partial charge is 0.497 e. The molecule has 0 heterocycles. The Morgan fingerprint density at radius 3 is 2.12 bits per heavy atom. The maximum absolute atomic E-state index is 13.2. The van der Waals surface area contributed by atoms with Crippen LogP contribution in [0.25, 0.3) is 0 Å². The fraction of sp³-hybridized carbons (Fsp3) is 0.364. The minimum Gasteiger partial charge on any atom is -0.497 e. The van der Waals surface area contributed by atoms with Crippen molar-refractivity contribution in [3.8, 4) is 5.75 Å². The second-order valence-electron chi connectivity index (χ2n) is 7.68. The van der Waals surface area contributed by atoms with E-state index in [4.69, 9.17) is 4.74 Å². The van der Waals surface area contributed by atoms with Crippen molar-refractivity contribution in [2.75, 3.05) is 20.7 Å². The van der Waals surface area contributed by atoms with Gasteiger partial charge in [0, 0.05) is 20.0 Å². The molecule has 2 amide bonds. The Kier molecular flexibility index (Phi) is 8.76. The molecule has 1 N–H and O–H groups in total. The van der Waals surface area contributed by atoms with Crippen LogP contribution in [0.4, 0.5) is 0 Å². The van der Waals surface area contributed by atoms with Crippen molar-refractivity contribution < 1.29 is 28.0 Å². The lowest BCUT2D eigenvalue weighted by molar-refractivity contribution is -0.212. The quantitative estimate of drug-likeness (QED) is 0.429. The maximum atomic E-state index is 13.2. The van der Waals surface area contributed by atoms with E-state index in [2.05, 4.69) is 0 Å². The Hall–Kier alpha value is -2.95. The van der Waals surface area contributed by atoms with Crippen LogP contribution in [0.15, 0.2) is 59.5 Å². The monoisotopic (exact) mass is 463 g/mol. The first-order chi connectivity index (χ1) is 15.1. The van der Waals surface area contributed by atoms with Crippen LogP contribution in [0.2, 0.25) is 0 Å². The SMILES string of the molecule is COc1ccc(S(=O)(=O)N(CC(=O)N(C)Cc2ccccc2)N(O)C(=O)CC(C)C)cc1. The number of hydrogen-bond acceptors (Lipinski definition) is 6. The lowest BCUT2D eigenvalue weighted by Crippen LogP contribution is -2.52. The van der Waals surface area contributed by atoms with Gasteiger partial charge in [0.1, 0.15) is 12.3 Å². The van der Waals surface area contributed by atoms with Crippen LogP contribution in [0.1, 0.15) is 25.8 Å². The Morgan fingerprint density at radius 1 is 1.00 bits per heavy atom. The number of likely N-dealkylation sites (N-methyl/N-ethyl adjacent to an activating group) is 1. The number of nitrogens with zero attached hydrogens (tertiary/aromatic N) is 3. The summed E-state index contributed by atoms with van der Waals surface area (Å²) in [6, 6.07) is 14.6. The summed E-state index contributed by atoms with van der Waals surface area (Å²) in [6.07, 6.45) is -0.0980. The van der Waals surface area contributed by atoms with Gasteiger partial charge in [-0.2, -0.15) is 0 Å². The lowest BCUT2D eigenvalue weighted by Gasteiger charge is -2.30. The van der Waals surface area contributed by atoms with Gasteiger partial charge in [0.15, 0.2) is 0 Å². The molecule has 10 heteroatoms. The molecule has 0 aliphatic heterocycles. The van der Waals surface area contributed by atoms with Gasteiger partial charge in [0.2, 0.25) is 5.91 Å². The first-order valence-corrected chi connectivity index (χ1v) is 11.5. The van der Waals surface area contributed by atoms with E-state index in [1.54, 1.807) is 13.8 Å². The highest BCUT2D eigenvalue weighted by Crippen LogP contribution is 2.21. The van der Waals surface area contributed by atoms with Crippen molar-refractivity contribution in [2.45, 2.75) is 31.7 Å². The summed E-state index contributed by atoms with van der Waals surface area (Å²) in [6.45, 7) is 3.00. The molecule has 0 bridgehead atoms. The molecule has 0 saturated carbocycles. The van der Waals surface area contributed by atoms with Gasteiger partial charge in [-0.25, -0.2) is 8.42 Å². The summed E-state index contributed by atoms with van der Waals surface area (Å²) >= 11 is 0. The fourth-order valence-electron chi connectivity index (χ4n) is 2.86. The Labute approximate surface area is 188 Å². The van der Waals surface area contributed by atoms with Crippen molar-refractivity contribution in [3.63, 3.8) is 0 Å². The minimum absolute atomic E-state index is 0.0216. The molecule has 0 aliphatic rings. The van der Waals surface area contributed by atoms with E-state index in [9.17, 15) is 23.2 Å². The molecular formula is C22H29N3O6S. The zero-order valence-corrected chi connectivity index (χ0v) is 19.4. The summed E-state index contributed by atoms with van der Waals surface area (Å²) < 4.78 is 31.9. The standard InChI is InChI=1S/C22H29N3O6S/c1-17(2)14-21(26)25(28)24(32(29,30)20-12-10-19(31-4)11-13-20)16-22(27)23(3)15-18-8-6-5-7-9-18/h5-13,17,28H,14-16H2,1-4H3. The van der Waals surface area contributed by atoms with Crippen molar-refractivity contribution in [1.82, 2.24) is 14.5 Å². The summed E-state index contributed by atoms with van der Waals surface area (Å²) in [5, 5.41) is 10.5. The van der Waals surface area contributed by atoms with E-state index >= 15 is 0 Å². The second kappa shape index (κ2) is 11.1. The molecule has 9 nitrogen and oxygen atoms in total. The van der Waals surface area contributed by atoms with Gasteiger partial charge in [0.25, 0.3) is 15.9 Å². The minimum atomic E-state index is -4.42. The van der Waals surface area contributed by atoms with Crippen molar-refractivity contribution in [3.05, 3.63) is 60.2 Å². The van der Waals surface area contributed by atoms with Crippen LogP contribution < -0.4 is 4.74 Å². The topological polar surface area (TPSA) is 107 Å². The molecule has 0 aliphatic carbocycles. The summed E-state index contributed by atoms with van der Waals surface area (Å²) in [7, 11) is -1.46. The van der Waals surface area contributed by atoms with Gasteiger partial charge in [-0.05, 0) is 35.7 Å². The third kappa shape index (κ3) is 6.52. The highest BCUT2D eigenvalue weighted by molar-refractivity contribution is 7.89. The predicted molar refractivity (Wildman–Crippen MR) is 118 cm³/mol. The smallest absolute Gasteiger partial charge is 0.262 e. The number of amides is 2. The number of sulfonamides is 1. The average Bonchev–Trinajstić information content (AvgIpc) is 2.76. The number of carbonyl (C=O) groups is 2. The number of hydrazine groups is 1. The predicted octanol–water partition coefficient (Wildman–Crippen LogP) is 2.52. The van der Waals surface area contributed by atoms with Gasteiger partial charge in [-0.15, -0.1) is 5.17 Å². The maximum Gasteiger partial charge on any atom is 0.262 e. The van der Waals surface area contributed by atoms with Gasteiger partial charge in [0.05, 0.1) is 12.0 Å². The van der Waals surface area contributed by atoms with Crippen LogP contribution in [0.3, 0.4) is 0 Å². The number of hydrogen-bond donors (Lipinski definition) is 1. The Balaban J connectivity index is 2.32. The highest BCUT2D eigenvalue weighted by Gasteiger charge is 2.35. The zero-order valence-electron chi connectivity index (χ0n) is 18.6. The summed E-state index contributed by atoms with van der Waals surface area (Å²) in [4.78, 5) is 26.4. The average molecular weight is 464 g/mol. The molecule has 2 aromatic rings. The summed E-state index contributed by atoms with van der Waals surface area (Å²) in [5.41, 5.74) is 0.852. The molecule has 0 aromatic heterocycles. The fourth-order valence-corrected chi connectivity index (χ4v) is 4.16. The van der Waals surface area contributed by atoms with Gasteiger partial charge < -0.3 is 9.64 Å². The van der Waals surface area contributed by atoms with E-state index in [0.717, 1.165) is 5.56 Å². The Bertz CT molecular complexity index is 1010. The number of ether oxygens (including phenoxy) is 1. The van der Waals surface area contributed by atoms with Gasteiger partial charge >= 0.3 is 0 Å². The van der Waals surface area contributed by atoms with E-state index in [0.29, 0.717) is 10.2 Å². The number of hydroxylamine groups is 1. The first-order valence-electron chi connectivity index (χ1n) is 10.0. The number of benzene rings is 2. The number of rotatable bonds is 10. The molecule has 0 unspecified atom stereocenters. The van der Waals surface area contributed by atoms with Crippen molar-refractivity contribution >= 4 is 21.8 Å². The van der Waals surface area contributed by atoms with Crippen LogP contribution in [-0.4, -0.2) is 60.6 Å². The van der Waals surface area contributed by atoms with E-state index in [1.807, 2.05) is 30.3 Å². The molecule has 2 rings (SSSR count). The van der Waals surface area contributed by atoms with Gasteiger partial charge in [-0.1, -0.05) is 48.6 Å². The molecule has 0 saturated heterocycles. The zero-order chi connectivity index (χ0) is 23.9. The molecule has 0 atom stereocenters. The molecule has 0 spiro atoms. The van der Waals surface area contributed by atoms with Crippen molar-refractivity contribution in [2.24, 2.45) is 5.92 Å². The van der Waals surface area contributed by atoms with E-state index in [-0.39, 0.29) is 29.0 Å². The van der Waals surface area contributed by atoms with Crippen LogP contribution in [0, 0.1) is 5.92 Å². The van der Waals surface area contributed by atoms with Crippen LogP contribution in [0.5, 0.6) is 5.75 Å². The molecule has 0 radical (unpaired) electrons. The van der Waals surface area contributed by atoms with Crippen molar-refractivity contribution in [1.29, 1.82) is 0 Å². The normalized spacial score (nSPS) is 11.5. The number of carbonyl (C=O) groups excluding carboxylic acids is 2. The third-order valence-corrected chi connectivity index (χ3v) is 6.32. The number of methoxy groups -OCH3 is 1. The van der Waals surface area contributed by atoms with Gasteiger partial charge in [-0.3, -0.25) is 14.8 Å². The van der Waals surface area contributed by atoms with E-state index in [1.165, 1.54) is 43.3 Å². The van der Waals surface area contributed by atoms with E-state index < -0.39 is 28.4 Å². The lowest BCUT2D eigenvalue weighted by atomic mass is 10.1. The molecule has 32 heavy (non-hydrogen) atoms. The Morgan fingerprint density at radius 2 is 1.59 bits per heavy atom. The second-order valence-corrected chi connectivity index (χ2v) is 9.52.